The maximum absolute atomic E-state index is 8.78. The van der Waals surface area contributed by atoms with Crippen molar-refractivity contribution in [3.63, 3.8) is 0 Å². The van der Waals surface area contributed by atoms with E-state index in [0.717, 1.165) is 13.1 Å². The van der Waals surface area contributed by atoms with Crippen molar-refractivity contribution in [3.05, 3.63) is 34.9 Å². The topological polar surface area (TPSA) is 27.0 Å². The van der Waals surface area contributed by atoms with Crippen molar-refractivity contribution >= 4 is 0 Å². The molecule has 1 unspecified atom stereocenters. The van der Waals surface area contributed by atoms with Crippen LogP contribution in [-0.4, -0.2) is 18.5 Å². The molecule has 1 atom stereocenters. The van der Waals surface area contributed by atoms with E-state index in [1.807, 2.05) is 6.92 Å². The molecule has 0 radical (unpaired) electrons. The van der Waals surface area contributed by atoms with Gasteiger partial charge >= 0.3 is 0 Å². The molecule has 0 aliphatic rings. The van der Waals surface area contributed by atoms with Crippen LogP contribution in [0.4, 0.5) is 0 Å². The summed E-state index contributed by atoms with van der Waals surface area (Å²) in [6.07, 6.45) is 0. The first-order chi connectivity index (χ1) is 7.54. The molecule has 0 amide bonds. The second-order valence-corrected chi connectivity index (χ2v) is 4.60. The number of nitrogens with zero attached hydrogens (tertiary/aromatic N) is 2. The Balaban J connectivity index is 2.70. The molecular formula is C14H20N2. The second-order valence-electron chi connectivity index (χ2n) is 4.60. The number of rotatable bonds is 4. The highest BCUT2D eigenvalue weighted by molar-refractivity contribution is 5.33. The molecule has 0 aromatic heterocycles. The smallest absolute Gasteiger partial charge is 0.0666 e. The SMILES string of the molecule is Cc1cccc(C)c1CN(C)CC(C)C#N. The van der Waals surface area contributed by atoms with Gasteiger partial charge in [-0.2, -0.15) is 5.26 Å². The Bertz CT molecular complexity index is 370. The van der Waals surface area contributed by atoms with Gasteiger partial charge in [-0.05, 0) is 44.5 Å². The lowest BCUT2D eigenvalue weighted by Crippen LogP contribution is -2.24. The molecule has 0 saturated heterocycles. The van der Waals surface area contributed by atoms with Gasteiger partial charge in [0.05, 0.1) is 12.0 Å². The van der Waals surface area contributed by atoms with E-state index in [9.17, 15) is 0 Å². The van der Waals surface area contributed by atoms with Crippen molar-refractivity contribution < 1.29 is 0 Å². The van der Waals surface area contributed by atoms with Gasteiger partial charge in [-0.25, -0.2) is 0 Å². The molecule has 0 bridgehead atoms. The highest BCUT2D eigenvalue weighted by Crippen LogP contribution is 2.15. The van der Waals surface area contributed by atoms with E-state index < -0.39 is 0 Å². The van der Waals surface area contributed by atoms with Crippen LogP contribution in [0, 0.1) is 31.1 Å². The molecule has 0 aliphatic heterocycles. The zero-order valence-electron chi connectivity index (χ0n) is 10.6. The minimum Gasteiger partial charge on any atom is -0.301 e. The molecule has 1 rings (SSSR count). The summed E-state index contributed by atoms with van der Waals surface area (Å²) in [5, 5.41) is 8.78. The van der Waals surface area contributed by atoms with Gasteiger partial charge in [0, 0.05) is 13.1 Å². The fourth-order valence-corrected chi connectivity index (χ4v) is 1.94. The van der Waals surface area contributed by atoms with Crippen LogP contribution in [0.15, 0.2) is 18.2 Å². The van der Waals surface area contributed by atoms with Gasteiger partial charge in [0.25, 0.3) is 0 Å². The lowest BCUT2D eigenvalue weighted by molar-refractivity contribution is 0.302. The van der Waals surface area contributed by atoms with Crippen molar-refractivity contribution in [1.82, 2.24) is 4.90 Å². The summed E-state index contributed by atoms with van der Waals surface area (Å²) in [5.74, 6) is 0.0920. The van der Waals surface area contributed by atoms with E-state index in [4.69, 9.17) is 5.26 Å². The van der Waals surface area contributed by atoms with Crippen LogP contribution < -0.4 is 0 Å². The van der Waals surface area contributed by atoms with Gasteiger partial charge in [-0.1, -0.05) is 18.2 Å². The highest BCUT2D eigenvalue weighted by atomic mass is 15.1. The Kier molecular flexibility index (Phi) is 4.52. The van der Waals surface area contributed by atoms with Crippen LogP contribution in [0.5, 0.6) is 0 Å². The maximum atomic E-state index is 8.78. The quantitative estimate of drug-likeness (QED) is 0.773. The van der Waals surface area contributed by atoms with E-state index in [0.29, 0.717) is 0 Å². The number of hydrogen-bond donors (Lipinski definition) is 0. The van der Waals surface area contributed by atoms with E-state index in [1.54, 1.807) is 0 Å². The van der Waals surface area contributed by atoms with Crippen LogP contribution in [0.25, 0.3) is 0 Å². The summed E-state index contributed by atoms with van der Waals surface area (Å²) >= 11 is 0. The Morgan fingerprint density at radius 1 is 1.31 bits per heavy atom. The molecule has 86 valence electrons. The summed E-state index contributed by atoms with van der Waals surface area (Å²) in [6, 6.07) is 8.64. The molecule has 1 aromatic carbocycles. The third-order valence-electron chi connectivity index (χ3n) is 2.88. The van der Waals surface area contributed by atoms with E-state index in [1.165, 1.54) is 16.7 Å². The first kappa shape index (κ1) is 12.7. The van der Waals surface area contributed by atoms with Crippen LogP contribution in [0.1, 0.15) is 23.6 Å². The largest absolute Gasteiger partial charge is 0.301 e. The predicted octanol–water partition coefficient (Wildman–Crippen LogP) is 2.89. The van der Waals surface area contributed by atoms with Gasteiger partial charge in [-0.15, -0.1) is 0 Å². The number of benzene rings is 1. The van der Waals surface area contributed by atoms with Gasteiger partial charge in [0.2, 0.25) is 0 Å². The summed E-state index contributed by atoms with van der Waals surface area (Å²) in [6.45, 7) is 7.99. The summed E-state index contributed by atoms with van der Waals surface area (Å²) < 4.78 is 0. The third kappa shape index (κ3) is 3.36. The average Bonchev–Trinajstić information content (AvgIpc) is 2.23. The van der Waals surface area contributed by atoms with Gasteiger partial charge in [0.1, 0.15) is 0 Å². The zero-order chi connectivity index (χ0) is 12.1. The van der Waals surface area contributed by atoms with Gasteiger partial charge < -0.3 is 4.90 Å². The lowest BCUT2D eigenvalue weighted by atomic mass is 10.0. The van der Waals surface area contributed by atoms with Crippen molar-refractivity contribution in [1.29, 1.82) is 5.26 Å². The minimum absolute atomic E-state index is 0.0920. The van der Waals surface area contributed by atoms with E-state index >= 15 is 0 Å². The van der Waals surface area contributed by atoms with Crippen LogP contribution in [-0.2, 0) is 6.54 Å². The lowest BCUT2D eigenvalue weighted by Gasteiger charge is -2.20. The van der Waals surface area contributed by atoms with E-state index in [-0.39, 0.29) is 5.92 Å². The molecule has 0 heterocycles. The predicted molar refractivity (Wildman–Crippen MR) is 67.0 cm³/mol. The Morgan fingerprint density at radius 2 is 1.88 bits per heavy atom. The molecule has 0 fully saturated rings. The maximum Gasteiger partial charge on any atom is 0.0666 e. The third-order valence-corrected chi connectivity index (χ3v) is 2.88. The fraction of sp³-hybridized carbons (Fsp3) is 0.500. The van der Waals surface area contributed by atoms with Crippen LogP contribution in [0.3, 0.4) is 0 Å². The first-order valence-electron chi connectivity index (χ1n) is 5.68. The van der Waals surface area contributed by atoms with Crippen molar-refractivity contribution in [2.24, 2.45) is 5.92 Å². The molecular weight excluding hydrogens is 196 g/mol. The molecule has 0 spiro atoms. The Hall–Kier alpha value is -1.33. The van der Waals surface area contributed by atoms with Gasteiger partial charge in [-0.3, -0.25) is 0 Å². The average molecular weight is 216 g/mol. The molecule has 0 aliphatic carbocycles. The van der Waals surface area contributed by atoms with E-state index in [2.05, 4.69) is 50.1 Å². The van der Waals surface area contributed by atoms with Crippen LogP contribution in [0.2, 0.25) is 0 Å². The molecule has 0 saturated carbocycles. The number of hydrogen-bond acceptors (Lipinski definition) is 2. The second kappa shape index (κ2) is 5.67. The van der Waals surface area contributed by atoms with Crippen LogP contribution >= 0.6 is 0 Å². The molecule has 0 N–H and O–H groups in total. The number of nitriles is 1. The summed E-state index contributed by atoms with van der Waals surface area (Å²) in [7, 11) is 2.07. The monoisotopic (exact) mass is 216 g/mol. The fourth-order valence-electron chi connectivity index (χ4n) is 1.94. The van der Waals surface area contributed by atoms with Gasteiger partial charge in [0.15, 0.2) is 0 Å². The molecule has 16 heavy (non-hydrogen) atoms. The standard InChI is InChI=1S/C14H20N2/c1-11(8-15)9-16(4)10-14-12(2)6-5-7-13(14)3/h5-7,11H,9-10H2,1-4H3. The highest BCUT2D eigenvalue weighted by Gasteiger charge is 2.08. The minimum atomic E-state index is 0.0920. The first-order valence-corrected chi connectivity index (χ1v) is 5.68. The molecule has 2 heteroatoms. The summed E-state index contributed by atoms with van der Waals surface area (Å²) in [5.41, 5.74) is 4.04. The van der Waals surface area contributed by atoms with Crippen molar-refractivity contribution in [3.8, 4) is 6.07 Å². The molecule has 2 nitrogen and oxygen atoms in total. The van der Waals surface area contributed by atoms with Crippen molar-refractivity contribution in [2.45, 2.75) is 27.3 Å². The Morgan fingerprint density at radius 3 is 2.38 bits per heavy atom. The number of aryl methyl sites for hydroxylation is 2. The van der Waals surface area contributed by atoms with Crippen molar-refractivity contribution in [2.75, 3.05) is 13.6 Å². The normalized spacial score (nSPS) is 12.5. The molecule has 1 aromatic rings. The Labute approximate surface area is 98.5 Å². The summed E-state index contributed by atoms with van der Waals surface area (Å²) in [4.78, 5) is 2.21. The zero-order valence-corrected chi connectivity index (χ0v) is 10.6.